The Balaban J connectivity index is 5.96. The van der Waals surface area contributed by atoms with Crippen LogP contribution in [0.5, 0.6) is 0 Å². The maximum atomic E-state index is 13.4. The van der Waals surface area contributed by atoms with Crippen LogP contribution >= 0.6 is 0 Å². The molecule has 0 aromatic carbocycles. The number of carboxylic acids is 3. The van der Waals surface area contributed by atoms with Crippen molar-refractivity contribution in [3.05, 3.63) is 0 Å². The first-order chi connectivity index (χ1) is 26.6. The lowest BCUT2D eigenvalue weighted by Crippen LogP contribution is -2.60. The first kappa shape index (κ1) is 51.0. The first-order valence-corrected chi connectivity index (χ1v) is 17.5. The fraction of sp³-hybridized carbons (Fsp3) is 0.656. The number of aliphatic carboxylic acids is 3. The minimum atomic E-state index is -1.92. The zero-order chi connectivity index (χ0) is 44.0. The molecule has 0 saturated carbocycles. The number of hydrogen-bond donors (Lipinski definition) is 14. The minimum Gasteiger partial charge on any atom is -0.481 e. The van der Waals surface area contributed by atoms with Gasteiger partial charge in [-0.25, -0.2) is 4.79 Å². The fourth-order valence-electron chi connectivity index (χ4n) is 4.63. The van der Waals surface area contributed by atoms with Crippen LogP contribution in [-0.4, -0.2) is 160 Å². The van der Waals surface area contributed by atoms with Gasteiger partial charge < -0.3 is 73.8 Å². The number of rotatable bonds is 27. The van der Waals surface area contributed by atoms with E-state index in [0.717, 1.165) is 0 Å². The average Bonchev–Trinajstić information content (AvgIpc) is 3.12. The molecular weight excluding hydrogens is 766 g/mol. The summed E-state index contributed by atoms with van der Waals surface area (Å²) in [7, 11) is 0. The molecule has 0 aliphatic carbocycles. The van der Waals surface area contributed by atoms with Crippen molar-refractivity contribution >= 4 is 65.2 Å². The van der Waals surface area contributed by atoms with E-state index in [4.69, 9.17) is 5.73 Å². The Kier molecular flexibility index (Phi) is 23.3. The van der Waals surface area contributed by atoms with Gasteiger partial charge in [0.1, 0.15) is 36.3 Å². The minimum absolute atomic E-state index is 0.0958. The number of carboxylic acid groups (broad SMARTS) is 3. The van der Waals surface area contributed by atoms with E-state index in [1.807, 2.05) is 5.32 Å². The van der Waals surface area contributed by atoms with Crippen molar-refractivity contribution in [3.63, 3.8) is 0 Å². The number of aliphatic hydroxyl groups excluding tert-OH is 2. The van der Waals surface area contributed by atoms with Crippen LogP contribution in [0.2, 0.25) is 0 Å². The molecule has 8 amide bonds. The third kappa shape index (κ3) is 20.5. The molecular formula is C32H53N9O16. The standard InChI is InChI=1S/C32H53N9O16/c1-14(2)7-17(29(53)40-20(13-43)32(56)57)38-30(54)18(8-25(49)50)39-28(52)16(5-6-24(47)48)37-31(55)26(15(3)4)41-23(46)11-35-27(51)19(12-42)36-22(45)10-34-21(44)9-33/h14-20,26,42-43H,5-13,33H2,1-4H3,(H,34,44)(H,35,51)(H,36,45)(H,37,55)(H,38,54)(H,39,52)(H,40,53)(H,41,46)(H,47,48)(H,49,50)(H,56,57)/t16-,17-,18-,19-,20-,26-/m0/s1. The van der Waals surface area contributed by atoms with E-state index < -0.39 is 159 Å². The van der Waals surface area contributed by atoms with Crippen molar-refractivity contribution in [2.24, 2.45) is 17.6 Å². The maximum Gasteiger partial charge on any atom is 0.328 e. The lowest BCUT2D eigenvalue weighted by atomic mass is 10.0. The van der Waals surface area contributed by atoms with Crippen LogP contribution in [0.15, 0.2) is 0 Å². The van der Waals surface area contributed by atoms with Gasteiger partial charge in [0.2, 0.25) is 47.3 Å². The Bertz CT molecular complexity index is 1470. The van der Waals surface area contributed by atoms with Gasteiger partial charge in [0.15, 0.2) is 0 Å². The van der Waals surface area contributed by atoms with Gasteiger partial charge in [-0.2, -0.15) is 0 Å². The molecule has 0 aliphatic rings. The van der Waals surface area contributed by atoms with Crippen LogP contribution in [0.4, 0.5) is 0 Å². The monoisotopic (exact) mass is 819 g/mol. The number of amides is 8. The van der Waals surface area contributed by atoms with Crippen molar-refractivity contribution in [1.29, 1.82) is 0 Å². The number of nitrogens with two attached hydrogens (primary N) is 1. The summed E-state index contributed by atoms with van der Waals surface area (Å²) in [5, 5.41) is 64.1. The molecule has 57 heavy (non-hydrogen) atoms. The molecule has 0 heterocycles. The molecule has 25 heteroatoms. The number of carbonyl (C=O) groups excluding carboxylic acids is 8. The quantitative estimate of drug-likeness (QED) is 0.0366. The summed E-state index contributed by atoms with van der Waals surface area (Å²) in [5.74, 6) is -13.6. The van der Waals surface area contributed by atoms with Crippen LogP contribution in [0.25, 0.3) is 0 Å². The highest BCUT2D eigenvalue weighted by molar-refractivity contribution is 5.98. The maximum absolute atomic E-state index is 13.4. The number of aliphatic hydroxyl groups is 2. The highest BCUT2D eigenvalue weighted by Crippen LogP contribution is 2.09. The lowest BCUT2D eigenvalue weighted by Gasteiger charge is -2.27. The van der Waals surface area contributed by atoms with Gasteiger partial charge in [-0.1, -0.05) is 27.7 Å². The summed E-state index contributed by atoms with van der Waals surface area (Å²) in [6, 6.07) is -9.84. The molecule has 6 atom stereocenters. The summed E-state index contributed by atoms with van der Waals surface area (Å²) in [5.41, 5.74) is 5.12. The second kappa shape index (κ2) is 26.0. The Morgan fingerprint density at radius 1 is 0.526 bits per heavy atom. The van der Waals surface area contributed by atoms with E-state index in [1.54, 1.807) is 13.8 Å². The molecule has 0 spiro atoms. The summed E-state index contributed by atoms with van der Waals surface area (Å²) in [6.45, 7) is 2.60. The molecule has 15 N–H and O–H groups in total. The smallest absolute Gasteiger partial charge is 0.328 e. The molecule has 0 bridgehead atoms. The third-order valence-electron chi connectivity index (χ3n) is 7.58. The summed E-state index contributed by atoms with van der Waals surface area (Å²) < 4.78 is 0. The van der Waals surface area contributed by atoms with Crippen LogP contribution in [-0.2, 0) is 52.7 Å². The molecule has 322 valence electrons. The Morgan fingerprint density at radius 2 is 1.02 bits per heavy atom. The van der Waals surface area contributed by atoms with Crippen molar-refractivity contribution in [2.75, 3.05) is 32.8 Å². The molecule has 0 fully saturated rings. The molecule has 0 radical (unpaired) electrons. The van der Waals surface area contributed by atoms with Crippen molar-refractivity contribution in [3.8, 4) is 0 Å². The largest absolute Gasteiger partial charge is 0.481 e. The van der Waals surface area contributed by atoms with E-state index in [-0.39, 0.29) is 12.3 Å². The highest BCUT2D eigenvalue weighted by Gasteiger charge is 2.34. The zero-order valence-electron chi connectivity index (χ0n) is 31.8. The summed E-state index contributed by atoms with van der Waals surface area (Å²) in [6.07, 6.45) is -2.47. The van der Waals surface area contributed by atoms with Crippen LogP contribution in [0, 0.1) is 11.8 Å². The second-order valence-corrected chi connectivity index (χ2v) is 13.2. The van der Waals surface area contributed by atoms with Gasteiger partial charge in [-0.05, 0) is 24.7 Å². The number of hydrogen-bond acceptors (Lipinski definition) is 14. The third-order valence-corrected chi connectivity index (χ3v) is 7.58. The first-order valence-electron chi connectivity index (χ1n) is 17.5. The van der Waals surface area contributed by atoms with E-state index >= 15 is 0 Å². The van der Waals surface area contributed by atoms with Crippen molar-refractivity contribution in [2.45, 2.75) is 89.6 Å². The molecule has 0 saturated heterocycles. The summed E-state index contributed by atoms with van der Waals surface area (Å²) in [4.78, 5) is 136. The van der Waals surface area contributed by atoms with Gasteiger partial charge in [-0.3, -0.25) is 47.9 Å². The van der Waals surface area contributed by atoms with Crippen molar-refractivity contribution in [1.82, 2.24) is 42.5 Å². The second-order valence-electron chi connectivity index (χ2n) is 13.2. The van der Waals surface area contributed by atoms with Crippen LogP contribution < -0.4 is 48.3 Å². The topological polar surface area (TPSA) is 411 Å². The molecule has 0 unspecified atom stereocenters. The average molecular weight is 820 g/mol. The number of nitrogens with one attached hydrogen (secondary N) is 8. The normalized spacial score (nSPS) is 14.0. The molecule has 25 nitrogen and oxygen atoms in total. The van der Waals surface area contributed by atoms with Gasteiger partial charge in [0.25, 0.3) is 0 Å². The zero-order valence-corrected chi connectivity index (χ0v) is 31.8. The van der Waals surface area contributed by atoms with Gasteiger partial charge in [-0.15, -0.1) is 0 Å². The van der Waals surface area contributed by atoms with Crippen molar-refractivity contribution < 1.29 is 78.3 Å². The van der Waals surface area contributed by atoms with E-state index in [1.165, 1.54) is 13.8 Å². The van der Waals surface area contributed by atoms with E-state index in [2.05, 4.69) is 37.2 Å². The highest BCUT2D eigenvalue weighted by atomic mass is 16.4. The van der Waals surface area contributed by atoms with Crippen LogP contribution in [0.1, 0.15) is 53.4 Å². The molecule has 0 aromatic rings. The number of carbonyl (C=O) groups is 11. The fourth-order valence-corrected chi connectivity index (χ4v) is 4.63. The molecule has 0 aliphatic heterocycles. The Hall–Kier alpha value is -5.95. The van der Waals surface area contributed by atoms with E-state index in [9.17, 15) is 78.3 Å². The lowest BCUT2D eigenvalue weighted by molar-refractivity contribution is -0.144. The molecule has 0 rings (SSSR count). The van der Waals surface area contributed by atoms with Crippen LogP contribution in [0.3, 0.4) is 0 Å². The van der Waals surface area contributed by atoms with Gasteiger partial charge >= 0.3 is 17.9 Å². The predicted octanol–water partition coefficient (Wildman–Crippen LogP) is -6.80. The Morgan fingerprint density at radius 3 is 1.51 bits per heavy atom. The summed E-state index contributed by atoms with van der Waals surface area (Å²) >= 11 is 0. The Labute approximate surface area is 326 Å². The van der Waals surface area contributed by atoms with E-state index in [0.29, 0.717) is 0 Å². The van der Waals surface area contributed by atoms with Gasteiger partial charge in [0.05, 0.1) is 39.3 Å². The molecule has 0 aromatic heterocycles. The predicted molar refractivity (Wildman–Crippen MR) is 192 cm³/mol. The SMILES string of the molecule is CC(C)C[C@H](NC(=O)[C@H](CC(=O)O)NC(=O)[C@H](CCC(=O)O)NC(=O)[C@@H](NC(=O)CNC(=O)[C@H](CO)NC(=O)CNC(=O)CN)C(C)C)C(=O)N[C@@H](CO)C(=O)O. The van der Waals surface area contributed by atoms with Gasteiger partial charge in [0, 0.05) is 6.42 Å².